The van der Waals surface area contributed by atoms with Gasteiger partial charge in [0.05, 0.1) is 11.5 Å². The van der Waals surface area contributed by atoms with Gasteiger partial charge in [-0.1, -0.05) is 0 Å². The standard InChI is InChI=1S/C8H9FO3S.CH4O2S.Na.H/c1-13(11,12)8-3-6(5-10)2-7(9)4-8;1-4(2)3;;/h2-4,10H,5H2,1H3;1H3,(H,2,3);;. The van der Waals surface area contributed by atoms with Gasteiger partial charge in [0.2, 0.25) is 0 Å². The van der Waals surface area contributed by atoms with Crippen LogP contribution in [0.4, 0.5) is 4.39 Å². The molecule has 0 amide bonds. The van der Waals surface area contributed by atoms with Crippen molar-refractivity contribution in [2.24, 2.45) is 0 Å². The molecule has 0 radical (unpaired) electrons. The number of rotatable bonds is 2. The Morgan fingerprint density at radius 1 is 1.33 bits per heavy atom. The predicted molar refractivity (Wildman–Crippen MR) is 69.3 cm³/mol. The Hall–Kier alpha value is 0.170. The Kier molecular flexibility index (Phi) is 10.4. The third kappa shape index (κ3) is 9.15. The third-order valence-electron chi connectivity index (χ3n) is 1.54. The van der Waals surface area contributed by atoms with Crippen LogP contribution in [0.3, 0.4) is 0 Å². The van der Waals surface area contributed by atoms with Gasteiger partial charge in [-0.15, -0.1) is 0 Å². The molecule has 1 atom stereocenters. The molecule has 5 nitrogen and oxygen atoms in total. The zero-order valence-electron chi connectivity index (χ0n) is 9.25. The van der Waals surface area contributed by atoms with Gasteiger partial charge in [-0.3, -0.25) is 0 Å². The fourth-order valence-electron chi connectivity index (χ4n) is 0.926. The van der Waals surface area contributed by atoms with Crippen LogP contribution in [0.5, 0.6) is 0 Å². The van der Waals surface area contributed by atoms with Gasteiger partial charge in [-0.05, 0) is 23.8 Å². The average Bonchev–Trinajstić information content (AvgIpc) is 2.14. The number of halogens is 1. The van der Waals surface area contributed by atoms with E-state index in [1.807, 2.05) is 0 Å². The first-order chi connectivity index (χ1) is 7.66. The molecule has 18 heavy (non-hydrogen) atoms. The number of aliphatic hydroxyl groups excluding tert-OH is 1. The van der Waals surface area contributed by atoms with Gasteiger partial charge in [0, 0.05) is 12.5 Å². The van der Waals surface area contributed by atoms with Crippen LogP contribution in [0.1, 0.15) is 5.56 Å². The van der Waals surface area contributed by atoms with Crippen molar-refractivity contribution in [1.82, 2.24) is 0 Å². The van der Waals surface area contributed by atoms with Crippen LogP contribution >= 0.6 is 0 Å². The Labute approximate surface area is 130 Å². The predicted octanol–water partition coefficient (Wildman–Crippen LogP) is -0.0891. The summed E-state index contributed by atoms with van der Waals surface area (Å²) in [5.41, 5.74) is 0.250. The molecule has 0 spiro atoms. The first kappa shape index (κ1) is 20.5. The van der Waals surface area contributed by atoms with Crippen LogP contribution in [0, 0.1) is 5.82 Å². The molecule has 1 rings (SSSR count). The topological polar surface area (TPSA) is 91.7 Å². The Morgan fingerprint density at radius 2 is 1.78 bits per heavy atom. The summed E-state index contributed by atoms with van der Waals surface area (Å²) in [5, 5.41) is 8.69. The summed E-state index contributed by atoms with van der Waals surface area (Å²) in [4.78, 5) is -0.114. The van der Waals surface area contributed by atoms with Gasteiger partial charge in [0.25, 0.3) is 0 Å². The van der Waals surface area contributed by atoms with Gasteiger partial charge in [-0.2, -0.15) is 0 Å². The van der Waals surface area contributed by atoms with Gasteiger partial charge in [0.1, 0.15) is 16.9 Å². The zero-order valence-corrected chi connectivity index (χ0v) is 10.9. The van der Waals surface area contributed by atoms with E-state index in [0.717, 1.165) is 18.4 Å². The molecule has 0 aliphatic carbocycles. The number of hydrogen-bond acceptors (Lipinski definition) is 4. The Bertz CT molecular complexity index is 500. The Morgan fingerprint density at radius 3 is 2.11 bits per heavy atom. The molecule has 100 valence electrons. The van der Waals surface area contributed by atoms with Crippen LogP contribution in [-0.4, -0.2) is 64.4 Å². The van der Waals surface area contributed by atoms with Crippen molar-refractivity contribution in [2.45, 2.75) is 11.5 Å². The van der Waals surface area contributed by atoms with Crippen molar-refractivity contribution in [3.63, 3.8) is 0 Å². The molecule has 0 heterocycles. The fourth-order valence-corrected chi connectivity index (χ4v) is 1.62. The second-order valence-corrected chi connectivity index (χ2v) is 6.01. The minimum atomic E-state index is -3.41. The Balaban J connectivity index is 0. The number of hydrogen-bond donors (Lipinski definition) is 2. The molecule has 0 aliphatic rings. The SMILES string of the molecule is CS(=O)(=O)c1cc(F)cc(CO)c1.CS(=O)O.[NaH]. The summed E-state index contributed by atoms with van der Waals surface area (Å²) in [6, 6.07) is 3.27. The second kappa shape index (κ2) is 9.13. The molecule has 0 aromatic heterocycles. The van der Waals surface area contributed by atoms with E-state index < -0.39 is 26.7 Å². The molecule has 2 N–H and O–H groups in total. The molecule has 0 saturated carbocycles. The summed E-state index contributed by atoms with van der Waals surface area (Å²) in [7, 11) is -3.41. The molecule has 0 fully saturated rings. The summed E-state index contributed by atoms with van der Waals surface area (Å²) in [5.74, 6) is -0.660. The van der Waals surface area contributed by atoms with E-state index in [-0.39, 0.29) is 46.6 Å². The van der Waals surface area contributed by atoms with Crippen LogP contribution < -0.4 is 0 Å². The molecule has 9 heteroatoms. The quantitative estimate of drug-likeness (QED) is 0.588. The van der Waals surface area contributed by atoms with E-state index in [2.05, 4.69) is 0 Å². The van der Waals surface area contributed by atoms with Gasteiger partial charge in [0.15, 0.2) is 9.84 Å². The first-order valence-electron chi connectivity index (χ1n) is 4.29. The molecular formula is C9H14FNaO5S2. The maximum atomic E-state index is 12.8. The van der Waals surface area contributed by atoms with Crippen molar-refractivity contribution < 1.29 is 26.7 Å². The van der Waals surface area contributed by atoms with E-state index >= 15 is 0 Å². The summed E-state index contributed by atoms with van der Waals surface area (Å²) >= 11 is -1.61. The molecule has 0 aliphatic heterocycles. The van der Waals surface area contributed by atoms with E-state index in [1.54, 1.807) is 0 Å². The number of sulfone groups is 1. The van der Waals surface area contributed by atoms with Crippen molar-refractivity contribution in [3.05, 3.63) is 29.6 Å². The van der Waals surface area contributed by atoms with Crippen LogP contribution in [-0.2, 0) is 27.5 Å². The molecular weight excluding hydrogens is 294 g/mol. The second-order valence-electron chi connectivity index (χ2n) is 3.15. The van der Waals surface area contributed by atoms with Crippen LogP contribution in [0.2, 0.25) is 0 Å². The fraction of sp³-hybridized carbons (Fsp3) is 0.333. The van der Waals surface area contributed by atoms with E-state index in [1.165, 1.54) is 12.3 Å². The van der Waals surface area contributed by atoms with Gasteiger partial charge in [-0.25, -0.2) is 17.0 Å². The van der Waals surface area contributed by atoms with E-state index in [9.17, 15) is 12.8 Å². The maximum absolute atomic E-state index is 12.8. The average molecular weight is 308 g/mol. The molecule has 1 aromatic rings. The van der Waals surface area contributed by atoms with Crippen molar-refractivity contribution >= 4 is 50.5 Å². The zero-order chi connectivity index (χ0) is 13.6. The molecule has 0 saturated heterocycles. The monoisotopic (exact) mass is 308 g/mol. The van der Waals surface area contributed by atoms with Crippen molar-refractivity contribution in [2.75, 3.05) is 12.5 Å². The minimum absolute atomic E-state index is 0. The normalized spacial score (nSPS) is 11.8. The summed E-state index contributed by atoms with van der Waals surface area (Å²) in [6.45, 7) is -0.375. The first-order valence-corrected chi connectivity index (χ1v) is 7.70. The molecule has 0 bridgehead atoms. The van der Waals surface area contributed by atoms with Crippen molar-refractivity contribution in [1.29, 1.82) is 0 Å². The van der Waals surface area contributed by atoms with Gasteiger partial charge < -0.3 is 9.66 Å². The van der Waals surface area contributed by atoms with Crippen LogP contribution in [0.25, 0.3) is 0 Å². The molecule has 1 aromatic carbocycles. The van der Waals surface area contributed by atoms with Crippen molar-refractivity contribution in [3.8, 4) is 0 Å². The number of aliphatic hydroxyl groups is 1. The van der Waals surface area contributed by atoms with E-state index in [4.69, 9.17) is 13.9 Å². The number of benzene rings is 1. The summed E-state index contributed by atoms with van der Waals surface area (Å²) in [6.07, 6.45) is 2.18. The van der Waals surface area contributed by atoms with Gasteiger partial charge >= 0.3 is 29.6 Å². The van der Waals surface area contributed by atoms with E-state index in [0.29, 0.717) is 0 Å². The third-order valence-corrected chi connectivity index (χ3v) is 2.63. The molecule has 1 unspecified atom stereocenters. The summed E-state index contributed by atoms with van der Waals surface area (Å²) < 4.78 is 51.4. The van der Waals surface area contributed by atoms with Crippen LogP contribution in [0.15, 0.2) is 23.1 Å².